The van der Waals surface area contributed by atoms with E-state index in [1.807, 2.05) is 0 Å². The molecule has 5 heteroatoms. The zero-order valence-corrected chi connectivity index (χ0v) is 11.6. The fourth-order valence-electron chi connectivity index (χ4n) is 2.10. The lowest BCUT2D eigenvalue weighted by Gasteiger charge is -2.09. The second kappa shape index (κ2) is 5.36. The fraction of sp³-hybridized carbons (Fsp3) is 0.125. The molecule has 0 fully saturated rings. The molecule has 0 amide bonds. The predicted molar refractivity (Wildman–Crippen MR) is 78.0 cm³/mol. The van der Waals surface area contributed by atoms with Gasteiger partial charge in [0.1, 0.15) is 5.82 Å². The zero-order chi connectivity index (χ0) is 14.8. The normalized spacial score (nSPS) is 10.6. The van der Waals surface area contributed by atoms with Crippen LogP contribution in [0, 0.1) is 5.82 Å². The quantitative estimate of drug-likeness (QED) is 0.739. The average Bonchev–Trinajstić information content (AvgIpc) is 2.53. The molecule has 0 bridgehead atoms. The molecule has 0 radical (unpaired) electrons. The van der Waals surface area contributed by atoms with E-state index in [2.05, 4.69) is 9.97 Å². The highest BCUT2D eigenvalue weighted by Gasteiger charge is 2.09. The van der Waals surface area contributed by atoms with Crippen molar-refractivity contribution in [2.75, 3.05) is 14.2 Å². The third kappa shape index (κ3) is 2.50. The molecule has 4 nitrogen and oxygen atoms in total. The van der Waals surface area contributed by atoms with Gasteiger partial charge in [0, 0.05) is 17.7 Å². The number of aromatic nitrogens is 2. The summed E-state index contributed by atoms with van der Waals surface area (Å²) in [5.74, 6) is 0.920. The molecule has 0 aliphatic carbocycles. The Bertz CT molecular complexity index is 788. The number of hydrogen-bond donors (Lipinski definition) is 0. The van der Waals surface area contributed by atoms with Crippen LogP contribution in [0.15, 0.2) is 42.6 Å². The summed E-state index contributed by atoms with van der Waals surface area (Å²) in [7, 11) is 3.14. The van der Waals surface area contributed by atoms with E-state index < -0.39 is 0 Å². The summed E-state index contributed by atoms with van der Waals surface area (Å²) in [5.41, 5.74) is 2.88. The first-order valence-corrected chi connectivity index (χ1v) is 6.36. The van der Waals surface area contributed by atoms with Crippen molar-refractivity contribution in [2.24, 2.45) is 0 Å². The molecule has 0 spiro atoms. The molecule has 1 heterocycles. The minimum atomic E-state index is -0.279. The van der Waals surface area contributed by atoms with Crippen molar-refractivity contribution in [3.63, 3.8) is 0 Å². The van der Waals surface area contributed by atoms with Crippen molar-refractivity contribution in [3.8, 4) is 22.8 Å². The van der Waals surface area contributed by atoms with E-state index >= 15 is 0 Å². The number of rotatable bonds is 3. The molecule has 0 unspecified atom stereocenters. The topological polar surface area (TPSA) is 44.2 Å². The number of methoxy groups -OCH3 is 2. The van der Waals surface area contributed by atoms with E-state index in [1.54, 1.807) is 44.7 Å². The van der Waals surface area contributed by atoms with E-state index in [-0.39, 0.29) is 5.82 Å². The molecule has 0 aliphatic heterocycles. The maximum Gasteiger partial charge on any atom is 0.163 e. The largest absolute Gasteiger partial charge is 0.493 e. The second-order valence-electron chi connectivity index (χ2n) is 4.46. The van der Waals surface area contributed by atoms with Crippen molar-refractivity contribution in [3.05, 3.63) is 48.4 Å². The van der Waals surface area contributed by atoms with Crippen molar-refractivity contribution in [1.82, 2.24) is 9.97 Å². The lowest BCUT2D eigenvalue weighted by Crippen LogP contribution is -1.94. The van der Waals surface area contributed by atoms with Crippen molar-refractivity contribution in [2.45, 2.75) is 0 Å². The molecule has 0 N–H and O–H groups in total. The molecule has 2 aromatic carbocycles. The lowest BCUT2D eigenvalue weighted by atomic mass is 10.1. The number of ether oxygens (including phenoxy) is 2. The van der Waals surface area contributed by atoms with Crippen LogP contribution in [-0.2, 0) is 0 Å². The van der Waals surface area contributed by atoms with Crippen LogP contribution in [0.4, 0.5) is 4.39 Å². The number of benzene rings is 2. The second-order valence-corrected chi connectivity index (χ2v) is 4.46. The Labute approximate surface area is 121 Å². The smallest absolute Gasteiger partial charge is 0.163 e. The van der Waals surface area contributed by atoms with Gasteiger partial charge in [-0.2, -0.15) is 0 Å². The molecule has 0 saturated carbocycles. The first kappa shape index (κ1) is 13.3. The summed E-state index contributed by atoms with van der Waals surface area (Å²) in [6.07, 6.45) is 1.65. The van der Waals surface area contributed by atoms with Gasteiger partial charge in [-0.1, -0.05) is 0 Å². The highest BCUT2D eigenvalue weighted by Crippen LogP contribution is 2.31. The number of fused-ring (bicyclic) bond motifs is 1. The van der Waals surface area contributed by atoms with Crippen LogP contribution in [0.3, 0.4) is 0 Å². The highest BCUT2D eigenvalue weighted by molar-refractivity contribution is 5.81. The average molecular weight is 284 g/mol. The maximum atomic E-state index is 13.0. The predicted octanol–water partition coefficient (Wildman–Crippen LogP) is 3.45. The van der Waals surface area contributed by atoms with Crippen LogP contribution >= 0.6 is 0 Å². The van der Waals surface area contributed by atoms with Crippen LogP contribution in [-0.4, -0.2) is 24.2 Å². The Morgan fingerprint density at radius 1 is 0.905 bits per heavy atom. The van der Waals surface area contributed by atoms with E-state index in [4.69, 9.17) is 9.47 Å². The van der Waals surface area contributed by atoms with Gasteiger partial charge in [-0.05, 0) is 24.3 Å². The summed E-state index contributed by atoms with van der Waals surface area (Å²) >= 11 is 0. The molecule has 3 rings (SSSR count). The van der Waals surface area contributed by atoms with Crippen LogP contribution in [0.25, 0.3) is 22.3 Å². The number of hydrogen-bond acceptors (Lipinski definition) is 4. The van der Waals surface area contributed by atoms with Crippen molar-refractivity contribution < 1.29 is 13.9 Å². The minimum absolute atomic E-state index is 0.279. The molecule has 3 aromatic rings. The van der Waals surface area contributed by atoms with E-state index in [9.17, 15) is 4.39 Å². The highest BCUT2D eigenvalue weighted by atomic mass is 19.1. The number of nitrogens with zero attached hydrogens (tertiary/aromatic N) is 2. The summed E-state index contributed by atoms with van der Waals surface area (Å²) in [4.78, 5) is 8.91. The molecular weight excluding hydrogens is 271 g/mol. The standard InChI is InChI=1S/C16H13FN2O2/c1-20-15-7-12-13(8-16(15)21-2)19-14(9-18-12)10-3-5-11(17)6-4-10/h3-9H,1-2H3. The molecule has 21 heavy (non-hydrogen) atoms. The molecule has 0 saturated heterocycles. The fourth-order valence-corrected chi connectivity index (χ4v) is 2.10. The molecule has 0 aliphatic rings. The molecule has 1 aromatic heterocycles. The molecule has 0 atom stereocenters. The maximum absolute atomic E-state index is 13.0. The Morgan fingerprint density at radius 2 is 1.52 bits per heavy atom. The van der Waals surface area contributed by atoms with Gasteiger partial charge in [-0.3, -0.25) is 4.98 Å². The SMILES string of the molecule is COc1cc2ncc(-c3ccc(F)cc3)nc2cc1OC. The Hall–Kier alpha value is -2.69. The third-order valence-electron chi connectivity index (χ3n) is 3.19. The van der Waals surface area contributed by atoms with Gasteiger partial charge in [0.2, 0.25) is 0 Å². The van der Waals surface area contributed by atoms with Crippen LogP contribution in [0.1, 0.15) is 0 Å². The first-order valence-electron chi connectivity index (χ1n) is 6.36. The van der Waals surface area contributed by atoms with E-state index in [0.717, 1.165) is 5.56 Å². The van der Waals surface area contributed by atoms with E-state index in [0.29, 0.717) is 28.2 Å². The molecular formula is C16H13FN2O2. The summed E-state index contributed by atoms with van der Waals surface area (Å²) in [6.45, 7) is 0. The Kier molecular flexibility index (Phi) is 3.39. The lowest BCUT2D eigenvalue weighted by molar-refractivity contribution is 0.355. The van der Waals surface area contributed by atoms with Gasteiger partial charge in [0.25, 0.3) is 0 Å². The third-order valence-corrected chi connectivity index (χ3v) is 3.19. The van der Waals surface area contributed by atoms with Gasteiger partial charge in [0.05, 0.1) is 37.1 Å². The summed E-state index contributed by atoms with van der Waals surface area (Å²) < 4.78 is 23.5. The molecule has 106 valence electrons. The van der Waals surface area contributed by atoms with Gasteiger partial charge < -0.3 is 9.47 Å². The summed E-state index contributed by atoms with van der Waals surface area (Å²) in [6, 6.07) is 9.69. The van der Waals surface area contributed by atoms with Gasteiger partial charge in [0.15, 0.2) is 11.5 Å². The van der Waals surface area contributed by atoms with Crippen LogP contribution < -0.4 is 9.47 Å². The Morgan fingerprint density at radius 3 is 2.14 bits per heavy atom. The zero-order valence-electron chi connectivity index (χ0n) is 11.6. The first-order chi connectivity index (χ1) is 10.2. The summed E-state index contributed by atoms with van der Waals surface area (Å²) in [5, 5.41) is 0. The van der Waals surface area contributed by atoms with Crippen molar-refractivity contribution in [1.29, 1.82) is 0 Å². The van der Waals surface area contributed by atoms with E-state index in [1.165, 1.54) is 12.1 Å². The monoisotopic (exact) mass is 284 g/mol. The number of halogens is 1. The van der Waals surface area contributed by atoms with Crippen LogP contribution in [0.2, 0.25) is 0 Å². The van der Waals surface area contributed by atoms with Gasteiger partial charge >= 0.3 is 0 Å². The minimum Gasteiger partial charge on any atom is -0.493 e. The van der Waals surface area contributed by atoms with Gasteiger partial charge in [-0.15, -0.1) is 0 Å². The van der Waals surface area contributed by atoms with Crippen LogP contribution in [0.5, 0.6) is 11.5 Å². The van der Waals surface area contributed by atoms with Crippen molar-refractivity contribution >= 4 is 11.0 Å². The van der Waals surface area contributed by atoms with Gasteiger partial charge in [-0.25, -0.2) is 9.37 Å². The Balaban J connectivity index is 2.13.